The van der Waals surface area contributed by atoms with Crippen molar-refractivity contribution < 1.29 is 4.79 Å². The molecule has 0 saturated carbocycles. The smallest absolute Gasteiger partial charge is 0.261 e. The molecule has 2 N–H and O–H groups in total. The lowest BCUT2D eigenvalue weighted by Gasteiger charge is -2.09. The van der Waals surface area contributed by atoms with E-state index in [1.54, 1.807) is 11.3 Å². The summed E-state index contributed by atoms with van der Waals surface area (Å²) >= 11 is 1.54. The highest BCUT2D eigenvalue weighted by atomic mass is 32.1. The Hall–Kier alpha value is -0.870. The number of nitrogens with one attached hydrogen (secondary N) is 2. The molecule has 1 amide bonds. The second kappa shape index (κ2) is 6.17. The maximum Gasteiger partial charge on any atom is 0.261 e. The van der Waals surface area contributed by atoms with Crippen LogP contribution in [0.3, 0.4) is 0 Å². The molecule has 1 fully saturated rings. The van der Waals surface area contributed by atoms with Crippen LogP contribution in [0.4, 0.5) is 0 Å². The second-order valence-electron chi connectivity index (χ2n) is 4.53. The second-order valence-corrected chi connectivity index (χ2v) is 5.45. The molecule has 0 aromatic carbocycles. The van der Waals surface area contributed by atoms with Crippen LogP contribution in [0.15, 0.2) is 11.4 Å². The fraction of sp³-hybridized carbons (Fsp3) is 0.615. The van der Waals surface area contributed by atoms with Gasteiger partial charge in [-0.25, -0.2) is 0 Å². The molecule has 1 aromatic rings. The van der Waals surface area contributed by atoms with Gasteiger partial charge >= 0.3 is 0 Å². The van der Waals surface area contributed by atoms with Crippen LogP contribution in [-0.2, 0) is 6.42 Å². The average molecular weight is 252 g/mol. The maximum absolute atomic E-state index is 11.9. The first kappa shape index (κ1) is 12.6. The molecule has 2 heterocycles. The van der Waals surface area contributed by atoms with E-state index in [2.05, 4.69) is 17.6 Å². The van der Waals surface area contributed by atoms with Gasteiger partial charge in [-0.05, 0) is 55.3 Å². The van der Waals surface area contributed by atoms with Crippen molar-refractivity contribution in [2.45, 2.75) is 26.2 Å². The highest BCUT2D eigenvalue weighted by molar-refractivity contribution is 7.12. The summed E-state index contributed by atoms with van der Waals surface area (Å²) in [5, 5.41) is 8.37. The number of hydrogen-bond acceptors (Lipinski definition) is 3. The van der Waals surface area contributed by atoms with Gasteiger partial charge in [0.05, 0.1) is 4.88 Å². The van der Waals surface area contributed by atoms with E-state index in [0.29, 0.717) is 0 Å². The van der Waals surface area contributed by atoms with Crippen LogP contribution in [-0.4, -0.2) is 25.5 Å². The van der Waals surface area contributed by atoms with Gasteiger partial charge in [0.2, 0.25) is 0 Å². The Morgan fingerprint density at radius 3 is 3.24 bits per heavy atom. The van der Waals surface area contributed by atoms with Gasteiger partial charge in [0, 0.05) is 6.54 Å². The molecule has 2 rings (SSSR count). The van der Waals surface area contributed by atoms with Crippen molar-refractivity contribution in [1.29, 1.82) is 0 Å². The van der Waals surface area contributed by atoms with Crippen LogP contribution in [0.25, 0.3) is 0 Å². The molecule has 0 bridgehead atoms. The van der Waals surface area contributed by atoms with Gasteiger partial charge in [0.25, 0.3) is 5.91 Å². The van der Waals surface area contributed by atoms with E-state index < -0.39 is 0 Å². The minimum absolute atomic E-state index is 0.0998. The standard InChI is InChI=1S/C13H20N2OS/c1-2-11-5-8-17-12(11)13(16)15-7-4-10-3-6-14-9-10/h5,8,10,14H,2-4,6-7,9H2,1H3,(H,15,16). The molecule has 0 spiro atoms. The number of carbonyl (C=O) groups is 1. The SMILES string of the molecule is CCc1ccsc1C(=O)NCCC1CCNC1. The van der Waals surface area contributed by atoms with Gasteiger partial charge in [0.1, 0.15) is 0 Å². The van der Waals surface area contributed by atoms with Gasteiger partial charge in [-0.2, -0.15) is 0 Å². The summed E-state index contributed by atoms with van der Waals surface area (Å²) in [5.41, 5.74) is 1.16. The molecule has 0 radical (unpaired) electrons. The predicted molar refractivity (Wildman–Crippen MR) is 71.6 cm³/mol. The van der Waals surface area contributed by atoms with E-state index in [9.17, 15) is 4.79 Å². The summed E-state index contributed by atoms with van der Waals surface area (Å²) in [7, 11) is 0. The number of thiophene rings is 1. The molecule has 94 valence electrons. The lowest BCUT2D eigenvalue weighted by molar-refractivity contribution is 0.0955. The van der Waals surface area contributed by atoms with Crippen molar-refractivity contribution in [3.05, 3.63) is 21.9 Å². The van der Waals surface area contributed by atoms with E-state index in [1.165, 1.54) is 6.42 Å². The maximum atomic E-state index is 11.9. The summed E-state index contributed by atoms with van der Waals surface area (Å²) in [4.78, 5) is 12.8. The predicted octanol–water partition coefficient (Wildman–Crippen LogP) is 2.04. The molecule has 1 aliphatic heterocycles. The number of hydrogen-bond donors (Lipinski definition) is 2. The molecule has 1 unspecified atom stereocenters. The molecule has 1 aliphatic rings. The largest absolute Gasteiger partial charge is 0.351 e. The van der Waals surface area contributed by atoms with Gasteiger partial charge in [0.15, 0.2) is 0 Å². The minimum atomic E-state index is 0.0998. The van der Waals surface area contributed by atoms with Gasteiger partial charge in [-0.1, -0.05) is 6.92 Å². The third kappa shape index (κ3) is 3.30. The van der Waals surface area contributed by atoms with Crippen molar-refractivity contribution in [3.63, 3.8) is 0 Å². The Bertz CT molecular complexity index is 369. The highest BCUT2D eigenvalue weighted by Crippen LogP contribution is 2.17. The Kier molecular flexibility index (Phi) is 4.57. The van der Waals surface area contributed by atoms with E-state index in [4.69, 9.17) is 0 Å². The summed E-state index contributed by atoms with van der Waals surface area (Å²) in [6.07, 6.45) is 3.26. The molecule has 1 saturated heterocycles. The van der Waals surface area contributed by atoms with Crippen molar-refractivity contribution in [1.82, 2.24) is 10.6 Å². The molecule has 1 atom stereocenters. The first-order chi connectivity index (χ1) is 8.31. The van der Waals surface area contributed by atoms with Crippen molar-refractivity contribution in [2.75, 3.05) is 19.6 Å². The van der Waals surface area contributed by atoms with Gasteiger partial charge in [-0.3, -0.25) is 4.79 Å². The zero-order valence-corrected chi connectivity index (χ0v) is 11.1. The lowest BCUT2D eigenvalue weighted by atomic mass is 10.1. The number of amides is 1. The quantitative estimate of drug-likeness (QED) is 0.842. The number of aryl methyl sites for hydroxylation is 1. The number of carbonyl (C=O) groups excluding carboxylic acids is 1. The molecule has 17 heavy (non-hydrogen) atoms. The van der Waals surface area contributed by atoms with Crippen LogP contribution in [0.1, 0.15) is 35.0 Å². The Morgan fingerprint density at radius 1 is 1.65 bits per heavy atom. The minimum Gasteiger partial charge on any atom is -0.351 e. The van der Waals surface area contributed by atoms with E-state index in [0.717, 1.165) is 48.8 Å². The average Bonchev–Trinajstić information content (AvgIpc) is 2.99. The fourth-order valence-electron chi connectivity index (χ4n) is 2.24. The van der Waals surface area contributed by atoms with Crippen molar-refractivity contribution in [3.8, 4) is 0 Å². The van der Waals surface area contributed by atoms with Gasteiger partial charge < -0.3 is 10.6 Å². The van der Waals surface area contributed by atoms with Crippen LogP contribution >= 0.6 is 11.3 Å². The molecular weight excluding hydrogens is 232 g/mol. The zero-order valence-electron chi connectivity index (χ0n) is 10.3. The number of rotatable bonds is 5. The third-order valence-electron chi connectivity index (χ3n) is 3.33. The van der Waals surface area contributed by atoms with Crippen molar-refractivity contribution >= 4 is 17.2 Å². The summed E-state index contributed by atoms with van der Waals surface area (Å²) < 4.78 is 0. The van der Waals surface area contributed by atoms with E-state index in [1.807, 2.05) is 11.4 Å². The van der Waals surface area contributed by atoms with Crippen LogP contribution in [0, 0.1) is 5.92 Å². The topological polar surface area (TPSA) is 41.1 Å². The molecule has 0 aliphatic carbocycles. The van der Waals surface area contributed by atoms with Crippen LogP contribution in [0.2, 0.25) is 0 Å². The first-order valence-electron chi connectivity index (χ1n) is 6.36. The molecule has 4 heteroatoms. The summed E-state index contributed by atoms with van der Waals surface area (Å²) in [6.45, 7) is 5.12. The molecule has 1 aromatic heterocycles. The van der Waals surface area contributed by atoms with Crippen molar-refractivity contribution in [2.24, 2.45) is 5.92 Å². The Balaban J connectivity index is 1.77. The van der Waals surface area contributed by atoms with Crippen LogP contribution < -0.4 is 10.6 Å². The highest BCUT2D eigenvalue weighted by Gasteiger charge is 2.15. The first-order valence-corrected chi connectivity index (χ1v) is 7.24. The molecular formula is C13H20N2OS. The van der Waals surface area contributed by atoms with Crippen LogP contribution in [0.5, 0.6) is 0 Å². The lowest BCUT2D eigenvalue weighted by Crippen LogP contribution is -2.26. The third-order valence-corrected chi connectivity index (χ3v) is 4.29. The Labute approximate surface area is 107 Å². The van der Waals surface area contributed by atoms with E-state index in [-0.39, 0.29) is 5.91 Å². The van der Waals surface area contributed by atoms with Gasteiger partial charge in [-0.15, -0.1) is 11.3 Å². The summed E-state index contributed by atoms with van der Waals surface area (Å²) in [5.74, 6) is 0.840. The fourth-order valence-corrected chi connectivity index (χ4v) is 3.16. The zero-order chi connectivity index (χ0) is 12.1. The summed E-state index contributed by atoms with van der Waals surface area (Å²) in [6, 6.07) is 2.04. The molecule has 3 nitrogen and oxygen atoms in total. The normalized spacial score (nSPS) is 19.5. The monoisotopic (exact) mass is 252 g/mol. The van der Waals surface area contributed by atoms with E-state index >= 15 is 0 Å². The Morgan fingerprint density at radius 2 is 2.53 bits per heavy atom.